The molecule has 0 saturated carbocycles. The van der Waals surface area contributed by atoms with Gasteiger partial charge in [-0.3, -0.25) is 4.99 Å². The van der Waals surface area contributed by atoms with Crippen molar-refractivity contribution in [3.63, 3.8) is 0 Å². The summed E-state index contributed by atoms with van der Waals surface area (Å²) in [5.74, 6) is 1.62. The van der Waals surface area contributed by atoms with Crippen molar-refractivity contribution < 1.29 is 0 Å². The Bertz CT molecular complexity index is 331. The van der Waals surface area contributed by atoms with E-state index in [-0.39, 0.29) is 18.4 Å². The number of amidine groups is 1. The molecule has 2 unspecified atom stereocenters. The fourth-order valence-corrected chi connectivity index (χ4v) is 3.87. The molecule has 1 heterocycles. The van der Waals surface area contributed by atoms with Gasteiger partial charge in [-0.25, -0.2) is 0 Å². The zero-order valence-electron chi connectivity index (χ0n) is 17.6. The molecule has 0 aromatic heterocycles. The average Bonchev–Trinajstić information content (AvgIpc) is 3.12. The van der Waals surface area contributed by atoms with Crippen molar-refractivity contribution >= 4 is 18.2 Å². The Hall–Kier alpha value is -0.280. The largest absolute Gasteiger partial charge is 0.372 e. The molecule has 0 aliphatic carbocycles. The summed E-state index contributed by atoms with van der Waals surface area (Å²) in [6.07, 6.45) is 21.0. The number of unbranched alkanes of at least 4 members (excludes halogenated alkanes) is 13. The van der Waals surface area contributed by atoms with Crippen LogP contribution in [0.4, 0.5) is 0 Å². The second-order valence-electron chi connectivity index (χ2n) is 8.04. The van der Waals surface area contributed by atoms with Crippen molar-refractivity contribution in [3.8, 4) is 0 Å². The fourth-order valence-electron chi connectivity index (χ4n) is 3.87. The predicted octanol–water partition coefficient (Wildman–Crippen LogP) is 6.24. The van der Waals surface area contributed by atoms with Crippen LogP contribution in [0, 0.1) is 5.92 Å². The number of nitrogens with one attached hydrogen (secondary N) is 1. The summed E-state index contributed by atoms with van der Waals surface area (Å²) in [4.78, 5) is 4.57. The standard InChI is InChI=1S/C22H45N3.ClH/c1-3-4-5-6-7-8-9-10-11-12-13-14-15-16-17-21(20(2)23)22-24-18-19-25-22;/h20-21H,3-19,23H2,1-2H3,(H,24,25);1H. The zero-order chi connectivity index (χ0) is 18.2. The summed E-state index contributed by atoms with van der Waals surface area (Å²) in [6, 6.07) is 0.214. The molecule has 0 saturated heterocycles. The topological polar surface area (TPSA) is 50.4 Å². The second kappa shape index (κ2) is 18.1. The van der Waals surface area contributed by atoms with Gasteiger partial charge in [0.05, 0.1) is 6.54 Å². The third kappa shape index (κ3) is 13.0. The molecule has 0 aromatic rings. The van der Waals surface area contributed by atoms with Crippen molar-refractivity contribution in [1.29, 1.82) is 0 Å². The van der Waals surface area contributed by atoms with Crippen molar-refractivity contribution in [2.75, 3.05) is 13.1 Å². The third-order valence-electron chi connectivity index (χ3n) is 5.55. The normalized spacial score (nSPS) is 15.9. The minimum absolute atomic E-state index is 0. The van der Waals surface area contributed by atoms with Crippen LogP contribution in [0.5, 0.6) is 0 Å². The molecule has 2 atom stereocenters. The van der Waals surface area contributed by atoms with Gasteiger partial charge in [0, 0.05) is 18.5 Å². The van der Waals surface area contributed by atoms with E-state index in [9.17, 15) is 0 Å². The van der Waals surface area contributed by atoms with E-state index in [2.05, 4.69) is 24.2 Å². The molecule has 0 radical (unpaired) electrons. The first-order chi connectivity index (χ1) is 12.3. The Morgan fingerprint density at radius 1 is 0.846 bits per heavy atom. The van der Waals surface area contributed by atoms with Crippen molar-refractivity contribution in [3.05, 3.63) is 0 Å². The molecule has 3 nitrogen and oxygen atoms in total. The lowest BCUT2D eigenvalue weighted by Gasteiger charge is -2.21. The van der Waals surface area contributed by atoms with E-state index < -0.39 is 0 Å². The van der Waals surface area contributed by atoms with Crippen molar-refractivity contribution in [2.24, 2.45) is 16.6 Å². The lowest BCUT2D eigenvalue weighted by atomic mass is 9.93. The Labute approximate surface area is 169 Å². The van der Waals surface area contributed by atoms with Gasteiger partial charge < -0.3 is 11.1 Å². The molecule has 156 valence electrons. The highest BCUT2D eigenvalue weighted by Crippen LogP contribution is 2.17. The first-order valence-corrected chi connectivity index (χ1v) is 11.3. The highest BCUT2D eigenvalue weighted by atomic mass is 35.5. The minimum atomic E-state index is 0. The maximum atomic E-state index is 6.15. The number of nitrogens with zero attached hydrogens (tertiary/aromatic N) is 1. The molecule has 26 heavy (non-hydrogen) atoms. The van der Waals surface area contributed by atoms with Crippen molar-refractivity contribution in [1.82, 2.24) is 5.32 Å². The van der Waals surface area contributed by atoms with Gasteiger partial charge in [0.25, 0.3) is 0 Å². The number of hydrogen-bond donors (Lipinski definition) is 2. The quantitative estimate of drug-likeness (QED) is 0.290. The summed E-state index contributed by atoms with van der Waals surface area (Å²) in [7, 11) is 0. The number of halogens is 1. The average molecular weight is 388 g/mol. The zero-order valence-corrected chi connectivity index (χ0v) is 18.4. The minimum Gasteiger partial charge on any atom is -0.372 e. The molecule has 1 aliphatic rings. The van der Waals surface area contributed by atoms with Gasteiger partial charge in [-0.15, -0.1) is 12.4 Å². The highest BCUT2D eigenvalue weighted by molar-refractivity contribution is 5.86. The van der Waals surface area contributed by atoms with Crippen LogP contribution < -0.4 is 11.1 Å². The molecule has 3 N–H and O–H groups in total. The van der Waals surface area contributed by atoms with Gasteiger partial charge in [-0.1, -0.05) is 96.8 Å². The molecule has 0 aromatic carbocycles. The second-order valence-corrected chi connectivity index (χ2v) is 8.04. The summed E-state index contributed by atoms with van der Waals surface area (Å²) in [5.41, 5.74) is 6.15. The van der Waals surface area contributed by atoms with Crippen LogP contribution in [-0.2, 0) is 0 Å². The van der Waals surface area contributed by atoms with Crippen LogP contribution in [0.3, 0.4) is 0 Å². The number of nitrogens with two attached hydrogens (primary N) is 1. The fraction of sp³-hybridized carbons (Fsp3) is 0.955. The van der Waals surface area contributed by atoms with Crippen LogP contribution in [0.1, 0.15) is 110 Å². The van der Waals surface area contributed by atoms with E-state index in [1.54, 1.807) is 0 Å². The van der Waals surface area contributed by atoms with E-state index in [4.69, 9.17) is 5.73 Å². The van der Waals surface area contributed by atoms with Gasteiger partial charge in [-0.2, -0.15) is 0 Å². The molecule has 0 spiro atoms. The number of hydrogen-bond acceptors (Lipinski definition) is 3. The van der Waals surface area contributed by atoms with Crippen LogP contribution in [-0.4, -0.2) is 25.0 Å². The van der Waals surface area contributed by atoms with E-state index >= 15 is 0 Å². The molecule has 0 fully saturated rings. The summed E-state index contributed by atoms with van der Waals surface area (Å²) in [5, 5.41) is 3.41. The SMILES string of the molecule is CCCCCCCCCCCCCCCCC(C1=NCCN1)C(C)N.Cl. The molecule has 1 aliphatic heterocycles. The van der Waals surface area contributed by atoms with Gasteiger partial charge in [0.15, 0.2) is 0 Å². The Morgan fingerprint density at radius 3 is 1.69 bits per heavy atom. The molecule has 0 bridgehead atoms. The van der Waals surface area contributed by atoms with Gasteiger partial charge in [0.2, 0.25) is 0 Å². The van der Waals surface area contributed by atoms with Gasteiger partial charge in [-0.05, 0) is 13.3 Å². The molecule has 4 heteroatoms. The van der Waals surface area contributed by atoms with Crippen LogP contribution in [0.25, 0.3) is 0 Å². The number of aliphatic imine (C=N–C) groups is 1. The lowest BCUT2D eigenvalue weighted by Crippen LogP contribution is -2.38. The summed E-state index contributed by atoms with van der Waals surface area (Å²) >= 11 is 0. The summed E-state index contributed by atoms with van der Waals surface area (Å²) in [6.45, 7) is 6.34. The van der Waals surface area contributed by atoms with Gasteiger partial charge >= 0.3 is 0 Å². The smallest absolute Gasteiger partial charge is 0.101 e. The molecular weight excluding hydrogens is 342 g/mol. The van der Waals surface area contributed by atoms with Crippen molar-refractivity contribution in [2.45, 2.75) is 116 Å². The number of rotatable bonds is 17. The first-order valence-electron chi connectivity index (χ1n) is 11.3. The Kier molecular flexibility index (Phi) is 17.9. The van der Waals surface area contributed by atoms with E-state index in [0.717, 1.165) is 13.1 Å². The monoisotopic (exact) mass is 387 g/mol. The lowest BCUT2D eigenvalue weighted by molar-refractivity contribution is 0.475. The third-order valence-corrected chi connectivity index (χ3v) is 5.55. The Morgan fingerprint density at radius 2 is 1.31 bits per heavy atom. The maximum Gasteiger partial charge on any atom is 0.101 e. The first kappa shape index (κ1) is 25.7. The molecular formula is C22H46ClN3. The Balaban J connectivity index is 0.00000625. The maximum absolute atomic E-state index is 6.15. The highest BCUT2D eigenvalue weighted by Gasteiger charge is 2.21. The predicted molar refractivity (Wildman–Crippen MR) is 120 cm³/mol. The van der Waals surface area contributed by atoms with E-state index in [0.29, 0.717) is 5.92 Å². The van der Waals surface area contributed by atoms with Gasteiger partial charge in [0.1, 0.15) is 5.84 Å². The molecule has 1 rings (SSSR count). The van der Waals surface area contributed by atoms with Crippen LogP contribution >= 0.6 is 12.4 Å². The van der Waals surface area contributed by atoms with Crippen LogP contribution in [0.15, 0.2) is 4.99 Å². The molecule has 0 amide bonds. The van der Waals surface area contributed by atoms with Crippen LogP contribution in [0.2, 0.25) is 0 Å². The van der Waals surface area contributed by atoms with E-state index in [1.165, 1.54) is 102 Å². The van der Waals surface area contributed by atoms with E-state index in [1.807, 2.05) is 0 Å². The summed E-state index contributed by atoms with van der Waals surface area (Å²) < 4.78 is 0.